The van der Waals surface area contributed by atoms with Gasteiger partial charge in [0.05, 0.1) is 53.2 Å². The fourth-order valence-corrected chi connectivity index (χ4v) is 9.46. The van der Waals surface area contributed by atoms with E-state index in [0.29, 0.717) is 12.3 Å². The zero-order valence-electron chi connectivity index (χ0n) is 37.6. The van der Waals surface area contributed by atoms with Gasteiger partial charge in [-0.05, 0) is 74.4 Å². The van der Waals surface area contributed by atoms with Gasteiger partial charge in [0.15, 0.2) is 21.3 Å². The number of aliphatic hydroxyl groups is 2. The number of nitrogens with zero attached hydrogens (tertiary/aromatic N) is 6. The van der Waals surface area contributed by atoms with Crippen molar-refractivity contribution in [2.75, 3.05) is 30.0 Å². The van der Waals surface area contributed by atoms with Crippen molar-refractivity contribution in [2.24, 2.45) is 5.92 Å². The fourth-order valence-electron chi connectivity index (χ4n) is 8.19. The molecule has 3 amide bonds. The third-order valence-electron chi connectivity index (χ3n) is 11.8. The molecule has 0 aliphatic heterocycles. The highest BCUT2D eigenvalue weighted by Gasteiger charge is 2.68. The topological polar surface area (TPSA) is 219 Å². The number of anilines is 1. The second-order valence-corrected chi connectivity index (χ2v) is 22.4. The molecule has 5 aromatic rings. The standard InChI is InChI=1S/C43H39ClF10N8O8S2/c1-40(2,71(3,67)68)10-9-23-5-6-25(26-7-8-29(44)33-35(26)61(19-41(47,48)49)59-38(33)62(72(4,69)70)39(66)56-24(17-63)18-64)34(55-23)30(13-20-11-21(45)14-22(46)12-20)57-31(65)16-60-37-32(36(58-60)43(52,53)54)27-15-28(27)42(37,50)51/h5-8,11-12,14,24,27-28,30,63-64H,13,15-19H2,1-4H3,(H,56,66)(H,57,65)/t27-,28+,30-/m0/s1. The van der Waals surface area contributed by atoms with Gasteiger partial charge in [-0.1, -0.05) is 23.6 Å². The number of carbonyl (C=O) groups is 2. The smallest absolute Gasteiger partial charge is 0.394 e. The summed E-state index contributed by atoms with van der Waals surface area (Å²) in [6.07, 6.45) is -10.1. The zero-order valence-corrected chi connectivity index (χ0v) is 40.0. The molecule has 3 atom stereocenters. The van der Waals surface area contributed by atoms with Crippen LogP contribution in [0.1, 0.15) is 66.1 Å². The minimum Gasteiger partial charge on any atom is -0.394 e. The lowest BCUT2D eigenvalue weighted by molar-refractivity contribution is -0.143. The second kappa shape index (κ2) is 18.8. The molecule has 1 saturated carbocycles. The van der Waals surface area contributed by atoms with Crippen LogP contribution in [0.5, 0.6) is 0 Å². The number of sulfone groups is 1. The summed E-state index contributed by atoms with van der Waals surface area (Å²) in [7, 11) is -8.83. The van der Waals surface area contributed by atoms with E-state index in [-0.39, 0.29) is 36.9 Å². The van der Waals surface area contributed by atoms with Gasteiger partial charge in [-0.3, -0.25) is 14.2 Å². The first-order valence-electron chi connectivity index (χ1n) is 21.0. The van der Waals surface area contributed by atoms with Gasteiger partial charge >= 0.3 is 18.4 Å². The van der Waals surface area contributed by atoms with Crippen LogP contribution >= 0.6 is 11.6 Å². The van der Waals surface area contributed by atoms with Crippen LogP contribution in [-0.2, 0) is 56.3 Å². The molecule has 0 unspecified atom stereocenters. The summed E-state index contributed by atoms with van der Waals surface area (Å²) in [5.41, 5.74) is -6.14. The van der Waals surface area contributed by atoms with Crippen molar-refractivity contribution in [1.29, 1.82) is 0 Å². The Labute approximate surface area is 407 Å². The van der Waals surface area contributed by atoms with Crippen molar-refractivity contribution in [2.45, 2.75) is 80.8 Å². The maximum absolute atomic E-state index is 15.6. The molecule has 7 rings (SSSR count). The Morgan fingerprint density at radius 1 is 0.931 bits per heavy atom. The summed E-state index contributed by atoms with van der Waals surface area (Å²) >= 11 is 6.59. The van der Waals surface area contributed by atoms with E-state index >= 15 is 8.78 Å². The molecule has 0 saturated heterocycles. The lowest BCUT2D eigenvalue weighted by Gasteiger charge is -2.23. The Hall–Kier alpha value is -6.02. The lowest BCUT2D eigenvalue weighted by atomic mass is 9.93. The van der Waals surface area contributed by atoms with E-state index in [1.54, 1.807) is 0 Å². The highest BCUT2D eigenvalue weighted by atomic mass is 35.5. The number of pyridine rings is 1. The second-order valence-electron chi connectivity index (χ2n) is 17.6. The van der Waals surface area contributed by atoms with Crippen molar-refractivity contribution >= 4 is 60.1 Å². The van der Waals surface area contributed by atoms with E-state index in [1.165, 1.54) is 13.8 Å². The monoisotopic (exact) mass is 1080 g/mol. The number of hydrogen-bond acceptors (Lipinski definition) is 11. The Kier molecular flexibility index (Phi) is 14.0. The Bertz CT molecular complexity index is 3290. The number of aromatic nitrogens is 5. The van der Waals surface area contributed by atoms with E-state index in [9.17, 15) is 71.8 Å². The number of amides is 3. The molecule has 72 heavy (non-hydrogen) atoms. The molecule has 29 heteroatoms. The molecule has 0 bridgehead atoms. The van der Waals surface area contributed by atoms with Gasteiger partial charge in [0.2, 0.25) is 15.9 Å². The minimum absolute atomic E-state index is 0.0949. The summed E-state index contributed by atoms with van der Waals surface area (Å²) < 4.78 is 197. The van der Waals surface area contributed by atoms with E-state index in [2.05, 4.69) is 32.3 Å². The molecular formula is C43H39ClF10N8O8S2. The summed E-state index contributed by atoms with van der Waals surface area (Å²) in [5.74, 6) is -6.23. The first-order chi connectivity index (χ1) is 33.2. The Balaban J connectivity index is 1.49. The van der Waals surface area contributed by atoms with Crippen LogP contribution < -0.4 is 14.9 Å². The molecule has 4 N–H and O–H groups in total. The molecule has 2 aromatic carbocycles. The molecule has 3 heterocycles. The predicted octanol–water partition coefficient (Wildman–Crippen LogP) is 6.12. The fraction of sp³-hybridized carbons (Fsp3) is 0.419. The molecule has 0 spiro atoms. The van der Waals surface area contributed by atoms with Crippen molar-refractivity contribution in [3.63, 3.8) is 0 Å². The quantitative estimate of drug-likeness (QED) is 0.0734. The van der Waals surface area contributed by atoms with Gasteiger partial charge in [-0.2, -0.15) is 49.6 Å². The van der Waals surface area contributed by atoms with Crippen molar-refractivity contribution in [3.05, 3.63) is 93.0 Å². The van der Waals surface area contributed by atoms with Gasteiger partial charge < -0.3 is 20.8 Å². The van der Waals surface area contributed by atoms with Crippen LogP contribution in [0.25, 0.3) is 22.0 Å². The van der Waals surface area contributed by atoms with E-state index in [0.717, 1.165) is 42.7 Å². The number of rotatable bonds is 14. The van der Waals surface area contributed by atoms with E-state index < -0.39 is 173 Å². The van der Waals surface area contributed by atoms with Crippen molar-refractivity contribution < 1.29 is 80.5 Å². The average molecular weight is 1090 g/mol. The van der Waals surface area contributed by atoms with Crippen molar-refractivity contribution in [3.8, 4) is 23.0 Å². The number of alkyl halides is 8. The van der Waals surface area contributed by atoms with Crippen LogP contribution in [0.15, 0.2) is 42.5 Å². The van der Waals surface area contributed by atoms with Crippen LogP contribution in [0, 0.1) is 29.4 Å². The molecule has 3 aromatic heterocycles. The first kappa shape index (κ1) is 53.8. The average Bonchev–Trinajstić information content (AvgIpc) is 3.76. The summed E-state index contributed by atoms with van der Waals surface area (Å²) in [6.45, 7) is -2.78. The highest BCUT2D eigenvalue weighted by Crippen LogP contribution is 2.68. The molecule has 0 radical (unpaired) electrons. The third kappa shape index (κ3) is 10.7. The Morgan fingerprint density at radius 3 is 2.12 bits per heavy atom. The number of benzene rings is 2. The van der Waals surface area contributed by atoms with Gasteiger partial charge in [0.25, 0.3) is 5.92 Å². The highest BCUT2D eigenvalue weighted by molar-refractivity contribution is 7.93. The summed E-state index contributed by atoms with van der Waals surface area (Å²) in [6, 6.07) is 1.43. The number of hydrogen-bond donors (Lipinski definition) is 4. The number of halogens is 11. The van der Waals surface area contributed by atoms with Crippen LogP contribution in [-0.4, -0.2) is 106 Å². The zero-order chi connectivity index (χ0) is 53.4. The predicted molar refractivity (Wildman–Crippen MR) is 237 cm³/mol. The molecule has 1 fully saturated rings. The molecule has 388 valence electrons. The Morgan fingerprint density at radius 2 is 1.56 bits per heavy atom. The lowest BCUT2D eigenvalue weighted by Crippen LogP contribution is -2.50. The van der Waals surface area contributed by atoms with Gasteiger partial charge in [0, 0.05) is 34.9 Å². The summed E-state index contributed by atoms with van der Waals surface area (Å²) in [4.78, 5) is 32.2. The number of aliphatic hydroxyl groups excluding tert-OH is 2. The van der Waals surface area contributed by atoms with E-state index in [1.807, 2.05) is 5.32 Å². The van der Waals surface area contributed by atoms with Gasteiger partial charge in [-0.25, -0.2) is 35.4 Å². The first-order valence-corrected chi connectivity index (χ1v) is 25.1. The largest absolute Gasteiger partial charge is 0.435 e. The van der Waals surface area contributed by atoms with Crippen LogP contribution in [0.4, 0.5) is 54.5 Å². The molecule has 2 aliphatic rings. The maximum Gasteiger partial charge on any atom is 0.435 e. The number of carbonyl (C=O) groups excluding carboxylic acids is 2. The summed E-state index contributed by atoms with van der Waals surface area (Å²) in [5, 5.41) is 29.6. The van der Waals surface area contributed by atoms with Gasteiger partial charge in [0.1, 0.15) is 40.9 Å². The van der Waals surface area contributed by atoms with Gasteiger partial charge in [-0.15, -0.1) is 0 Å². The van der Waals surface area contributed by atoms with E-state index in [4.69, 9.17) is 11.6 Å². The maximum atomic E-state index is 15.6. The SMILES string of the molecule is CC(C)(C#Cc1ccc(-c2ccc(Cl)c3c(N(C(=O)NC(CO)CO)S(C)(=O)=O)nn(CC(F)(F)F)c23)c([C@H](Cc2cc(F)cc(F)c2)NC(=O)Cn2nc(C(F)(F)F)c3c2C(F)(F)[C@@H]2C[C@H]32)n1)S(C)(=O)=O. The normalized spacial score (nSPS) is 17.0. The minimum atomic E-state index is -5.23. The number of fused-ring (bicyclic) bond motifs is 4. The number of nitrogens with one attached hydrogen (secondary N) is 2. The molecule has 16 nitrogen and oxygen atoms in total. The third-order valence-corrected chi connectivity index (χ3v) is 15.1. The molecule has 2 aliphatic carbocycles. The molecular weight excluding hydrogens is 1050 g/mol. The number of sulfonamides is 1. The number of urea groups is 1. The van der Waals surface area contributed by atoms with Crippen molar-refractivity contribution in [1.82, 2.24) is 35.2 Å². The van der Waals surface area contributed by atoms with Crippen LogP contribution in [0.2, 0.25) is 5.02 Å². The van der Waals surface area contributed by atoms with Crippen LogP contribution in [0.3, 0.4) is 0 Å².